The molecule has 2 aliphatic heterocycles. The van der Waals surface area contributed by atoms with Gasteiger partial charge in [0.2, 0.25) is 0 Å². The molecule has 13 heteroatoms. The SMILES string of the molecule is C=C1CC(Sc2ccc(Sc3ccc(S)cc3)cc2N)C(=C)N1c1cc(F)c(-c2c(F)c(F)c(N3C(=C)CC(C(C)C)C3=C)c(F)c2F)c(F)c1F. The highest BCUT2D eigenvalue weighted by atomic mass is 32.2. The number of halogens is 7. The lowest BCUT2D eigenvalue weighted by atomic mass is 9.92. The summed E-state index contributed by atoms with van der Waals surface area (Å²) in [7, 11) is 0. The second-order valence-corrected chi connectivity index (χ2v) is 15.7. The summed E-state index contributed by atoms with van der Waals surface area (Å²) in [5, 5.41) is -0.488. The van der Waals surface area contributed by atoms with Crippen LogP contribution in [-0.2, 0) is 0 Å². The van der Waals surface area contributed by atoms with Gasteiger partial charge < -0.3 is 15.5 Å². The fraction of sp³-hybridized carbons (Fsp3) is 0.179. The number of thioether (sulfide) groups is 1. The zero-order valence-corrected chi connectivity index (χ0v) is 30.5. The number of hydrogen-bond donors (Lipinski definition) is 2. The molecule has 2 N–H and O–H groups in total. The number of thiol groups is 1. The molecule has 0 amide bonds. The standard InChI is InChI=1S/C39H32F7N3S3/c1-17(2)25-13-18(3)49(20(25)5)39-37(45)35(43)32(36(44)38(39)46)31-26(40)16-28(33(41)34(31)42)48-19(4)14-30(21(48)6)52-29-12-11-24(15-27(29)47)51-23-9-7-22(50)8-10-23/h7-12,15-17,25,30,50H,3-6,13-14,47H2,1-2H3. The average molecular weight is 772 g/mol. The number of nitrogens with zero attached hydrogens (tertiary/aromatic N) is 2. The van der Waals surface area contributed by atoms with Crippen molar-refractivity contribution in [2.75, 3.05) is 15.5 Å². The van der Waals surface area contributed by atoms with Crippen molar-refractivity contribution < 1.29 is 30.7 Å². The second-order valence-electron chi connectivity index (χ2n) is 12.8. The molecule has 4 aromatic rings. The van der Waals surface area contributed by atoms with Crippen LogP contribution in [0, 0.1) is 52.6 Å². The van der Waals surface area contributed by atoms with Crippen LogP contribution in [0.4, 0.5) is 47.8 Å². The fourth-order valence-electron chi connectivity index (χ4n) is 6.47. The smallest absolute Gasteiger partial charge is 0.186 e. The third-order valence-electron chi connectivity index (χ3n) is 9.10. The fourth-order valence-corrected chi connectivity index (χ4v) is 8.65. The average Bonchev–Trinajstić information content (AvgIpc) is 3.54. The lowest BCUT2D eigenvalue weighted by Gasteiger charge is -2.26. The van der Waals surface area contributed by atoms with Gasteiger partial charge in [-0.15, -0.1) is 24.4 Å². The molecule has 52 heavy (non-hydrogen) atoms. The maximum atomic E-state index is 15.8. The highest BCUT2D eigenvalue weighted by molar-refractivity contribution is 8.00. The molecule has 0 aliphatic carbocycles. The summed E-state index contributed by atoms with van der Waals surface area (Å²) < 4.78 is 110. The van der Waals surface area contributed by atoms with Gasteiger partial charge in [0.1, 0.15) is 11.5 Å². The van der Waals surface area contributed by atoms with Crippen LogP contribution in [0.25, 0.3) is 11.1 Å². The molecule has 4 aromatic carbocycles. The number of rotatable bonds is 8. The zero-order chi connectivity index (χ0) is 37.9. The van der Waals surface area contributed by atoms with E-state index in [1.807, 2.05) is 50.2 Å². The first-order valence-electron chi connectivity index (χ1n) is 15.9. The van der Waals surface area contributed by atoms with Gasteiger partial charge in [-0.2, -0.15) is 0 Å². The van der Waals surface area contributed by atoms with E-state index in [1.165, 1.54) is 23.5 Å². The molecule has 2 saturated heterocycles. The molecule has 2 heterocycles. The minimum atomic E-state index is -2.11. The van der Waals surface area contributed by atoms with Gasteiger partial charge in [-0.1, -0.05) is 51.9 Å². The lowest BCUT2D eigenvalue weighted by molar-refractivity contribution is 0.451. The van der Waals surface area contributed by atoms with Crippen LogP contribution in [0.5, 0.6) is 0 Å². The van der Waals surface area contributed by atoms with E-state index >= 15 is 30.7 Å². The Hall–Kier alpha value is -4.20. The minimum Gasteiger partial charge on any atom is -0.398 e. The third-order valence-corrected chi connectivity index (χ3v) is 11.7. The highest BCUT2D eigenvalue weighted by Gasteiger charge is 2.41. The first kappa shape index (κ1) is 37.6. The number of nitrogen functional groups attached to an aromatic ring is 1. The van der Waals surface area contributed by atoms with Gasteiger partial charge in [-0.25, -0.2) is 30.7 Å². The van der Waals surface area contributed by atoms with Crippen molar-refractivity contribution in [3.8, 4) is 11.1 Å². The number of benzene rings is 4. The molecular formula is C39H32F7N3S3. The van der Waals surface area contributed by atoms with E-state index in [1.54, 1.807) is 6.07 Å². The summed E-state index contributed by atoms with van der Waals surface area (Å²) in [6, 6.07) is 13.6. The normalized spacial score (nSPS) is 17.8. The van der Waals surface area contributed by atoms with Crippen molar-refractivity contribution in [2.45, 2.75) is 51.5 Å². The molecule has 0 saturated carbocycles. The molecule has 2 atom stereocenters. The van der Waals surface area contributed by atoms with Crippen LogP contribution in [0.1, 0.15) is 26.7 Å². The molecule has 2 aliphatic rings. The van der Waals surface area contributed by atoms with Crippen molar-refractivity contribution in [1.29, 1.82) is 0 Å². The second kappa shape index (κ2) is 14.3. The summed E-state index contributed by atoms with van der Waals surface area (Å²) in [6.45, 7) is 19.2. The van der Waals surface area contributed by atoms with Crippen molar-refractivity contribution in [1.82, 2.24) is 0 Å². The third kappa shape index (κ3) is 6.51. The molecule has 2 unspecified atom stereocenters. The van der Waals surface area contributed by atoms with Gasteiger partial charge in [0.15, 0.2) is 34.9 Å². The van der Waals surface area contributed by atoms with Crippen molar-refractivity contribution in [3.63, 3.8) is 0 Å². The molecule has 2 fully saturated rings. The Bertz CT molecular complexity index is 2160. The number of allylic oxidation sites excluding steroid dienone is 3. The van der Waals surface area contributed by atoms with Crippen LogP contribution in [0.15, 0.2) is 117 Å². The molecule has 0 radical (unpaired) electrons. The maximum Gasteiger partial charge on any atom is 0.186 e. The first-order chi connectivity index (χ1) is 24.5. The summed E-state index contributed by atoms with van der Waals surface area (Å²) in [6.07, 6.45) is 0.403. The number of hydrogen-bond acceptors (Lipinski definition) is 6. The topological polar surface area (TPSA) is 32.5 Å². The lowest BCUT2D eigenvalue weighted by Crippen LogP contribution is -2.22. The highest BCUT2D eigenvalue weighted by Crippen LogP contribution is 2.49. The molecule has 6 rings (SSSR count). The van der Waals surface area contributed by atoms with Gasteiger partial charge >= 0.3 is 0 Å². The summed E-state index contributed by atoms with van der Waals surface area (Å²) >= 11 is 7.08. The predicted octanol–water partition coefficient (Wildman–Crippen LogP) is 12.3. The van der Waals surface area contributed by atoms with Gasteiger partial charge in [-0.3, -0.25) is 0 Å². The van der Waals surface area contributed by atoms with Crippen LogP contribution >= 0.6 is 36.2 Å². The van der Waals surface area contributed by atoms with E-state index in [4.69, 9.17) is 5.73 Å². The Labute approximate surface area is 311 Å². The quantitative estimate of drug-likeness (QED) is 0.0807. The van der Waals surface area contributed by atoms with Gasteiger partial charge in [0.25, 0.3) is 0 Å². The molecule has 0 spiro atoms. The summed E-state index contributed by atoms with van der Waals surface area (Å²) in [5.74, 6) is -14.0. The van der Waals surface area contributed by atoms with Crippen LogP contribution in [-0.4, -0.2) is 5.25 Å². The van der Waals surface area contributed by atoms with E-state index in [9.17, 15) is 0 Å². The maximum absolute atomic E-state index is 15.8. The Morgan fingerprint density at radius 1 is 0.712 bits per heavy atom. The van der Waals surface area contributed by atoms with E-state index in [0.29, 0.717) is 16.6 Å². The Balaban J connectivity index is 1.29. The van der Waals surface area contributed by atoms with Crippen molar-refractivity contribution in [2.24, 2.45) is 11.8 Å². The van der Waals surface area contributed by atoms with E-state index in [0.717, 1.165) is 24.5 Å². The van der Waals surface area contributed by atoms with Crippen molar-refractivity contribution >= 4 is 53.2 Å². The largest absolute Gasteiger partial charge is 0.398 e. The van der Waals surface area contributed by atoms with E-state index < -0.39 is 68.5 Å². The van der Waals surface area contributed by atoms with E-state index in [-0.39, 0.29) is 47.5 Å². The molecular weight excluding hydrogens is 740 g/mol. The minimum absolute atomic E-state index is 0.0488. The Morgan fingerprint density at radius 3 is 1.87 bits per heavy atom. The van der Waals surface area contributed by atoms with Crippen LogP contribution in [0.2, 0.25) is 0 Å². The number of nitrogens with two attached hydrogens (primary N) is 1. The summed E-state index contributed by atoms with van der Waals surface area (Å²) in [5.41, 5.74) is 2.30. The Morgan fingerprint density at radius 2 is 1.29 bits per heavy atom. The van der Waals surface area contributed by atoms with Crippen LogP contribution < -0.4 is 15.5 Å². The first-order valence-corrected chi connectivity index (χ1v) is 18.1. The van der Waals surface area contributed by atoms with E-state index in [2.05, 4.69) is 38.9 Å². The monoisotopic (exact) mass is 771 g/mol. The zero-order valence-electron chi connectivity index (χ0n) is 28.0. The van der Waals surface area contributed by atoms with Gasteiger partial charge in [0, 0.05) is 66.5 Å². The molecule has 0 aromatic heterocycles. The van der Waals surface area contributed by atoms with Crippen LogP contribution in [0.3, 0.4) is 0 Å². The van der Waals surface area contributed by atoms with Gasteiger partial charge in [0.05, 0.1) is 22.1 Å². The summed E-state index contributed by atoms with van der Waals surface area (Å²) in [4.78, 5) is 5.33. The molecule has 3 nitrogen and oxygen atoms in total. The van der Waals surface area contributed by atoms with Gasteiger partial charge in [-0.05, 0) is 54.8 Å². The molecule has 0 bridgehead atoms. The van der Waals surface area contributed by atoms with Crippen molar-refractivity contribution in [3.05, 3.63) is 138 Å². The number of anilines is 3. The predicted molar refractivity (Wildman–Crippen MR) is 199 cm³/mol. The molecule has 270 valence electrons. The Kier molecular flexibility index (Phi) is 10.3.